The molecule has 5 rings (SSSR count). The number of amides is 1. The van der Waals surface area contributed by atoms with Crippen molar-refractivity contribution in [2.75, 3.05) is 25.6 Å². The Bertz CT molecular complexity index is 1840. The first kappa shape index (κ1) is 31.4. The molecule has 0 radical (unpaired) electrons. The molecule has 3 N–H and O–H groups in total. The van der Waals surface area contributed by atoms with Crippen molar-refractivity contribution in [3.63, 3.8) is 0 Å². The van der Waals surface area contributed by atoms with E-state index in [0.29, 0.717) is 58.6 Å². The topological polar surface area (TPSA) is 150 Å². The Morgan fingerprint density at radius 2 is 1.82 bits per heavy atom. The van der Waals surface area contributed by atoms with E-state index in [1.54, 1.807) is 42.6 Å². The van der Waals surface area contributed by atoms with E-state index in [1.165, 1.54) is 27.4 Å². The number of methoxy groups -OCH3 is 1. The van der Waals surface area contributed by atoms with Crippen molar-refractivity contribution in [3.8, 4) is 28.3 Å². The number of nitrogens with one attached hydrogen (secondary N) is 2. The minimum Gasteiger partial charge on any atom is -0.480 e. The maximum absolute atomic E-state index is 13.0. The molecule has 1 aliphatic heterocycles. The van der Waals surface area contributed by atoms with Crippen molar-refractivity contribution in [3.05, 3.63) is 90.9 Å². The minimum absolute atomic E-state index is 0.127. The van der Waals surface area contributed by atoms with E-state index in [2.05, 4.69) is 20.6 Å². The lowest BCUT2D eigenvalue weighted by Crippen LogP contribution is -2.46. The normalized spacial score (nSPS) is 16.5. The summed E-state index contributed by atoms with van der Waals surface area (Å²) >= 11 is 13.7. The molecule has 2 atom stereocenters. The van der Waals surface area contributed by atoms with E-state index in [0.717, 1.165) is 9.13 Å². The van der Waals surface area contributed by atoms with Gasteiger partial charge in [-0.3, -0.25) is 19.1 Å². The molecule has 0 unspecified atom stereocenters. The van der Waals surface area contributed by atoms with Gasteiger partial charge in [-0.1, -0.05) is 53.5 Å². The first-order chi connectivity index (χ1) is 21.1. The van der Waals surface area contributed by atoms with E-state index < -0.39 is 23.3 Å². The van der Waals surface area contributed by atoms with Crippen molar-refractivity contribution >= 4 is 34.8 Å². The van der Waals surface area contributed by atoms with Gasteiger partial charge in [-0.25, -0.2) is 9.78 Å². The molecule has 3 heterocycles. The summed E-state index contributed by atoms with van der Waals surface area (Å²) in [6, 6.07) is 10.3. The van der Waals surface area contributed by atoms with Crippen LogP contribution >= 0.6 is 23.2 Å². The predicted octanol–water partition coefficient (Wildman–Crippen LogP) is 3.02. The van der Waals surface area contributed by atoms with E-state index >= 15 is 0 Å². The summed E-state index contributed by atoms with van der Waals surface area (Å²) in [4.78, 5) is 46.8. The van der Waals surface area contributed by atoms with Gasteiger partial charge >= 0.3 is 5.69 Å². The second kappa shape index (κ2) is 13.3. The van der Waals surface area contributed by atoms with Gasteiger partial charge in [0, 0.05) is 56.2 Å². The van der Waals surface area contributed by atoms with Gasteiger partial charge in [0.15, 0.2) is 0 Å². The fraction of sp³-hybridized carbons (Fsp3) is 0.300. The molecule has 2 aromatic heterocycles. The lowest BCUT2D eigenvalue weighted by Gasteiger charge is -2.28. The number of hydrogen-bond donors (Lipinski definition) is 3. The zero-order valence-electron chi connectivity index (χ0n) is 24.1. The SMILES string of the molecule is COc1nc(-c2cccc(-c3cccc(NC(=O)c4cn(C)c(=O)n(C)c4=O)c3Cl)c2Cl)cnc1CN[C@@H]1CCOC[C@@H]1O. The number of halogens is 2. The van der Waals surface area contributed by atoms with Gasteiger partial charge in [-0.15, -0.1) is 0 Å². The molecule has 44 heavy (non-hydrogen) atoms. The highest BCUT2D eigenvalue weighted by Crippen LogP contribution is 2.41. The minimum atomic E-state index is -0.729. The van der Waals surface area contributed by atoms with E-state index in [-0.39, 0.29) is 28.9 Å². The zero-order chi connectivity index (χ0) is 31.5. The quantitative estimate of drug-likeness (QED) is 0.264. The fourth-order valence-corrected chi connectivity index (χ4v) is 5.53. The van der Waals surface area contributed by atoms with E-state index in [1.807, 2.05) is 0 Å². The molecule has 14 heteroatoms. The number of carbonyl (C=O) groups excluding carboxylic acids is 1. The van der Waals surface area contributed by atoms with E-state index in [9.17, 15) is 19.5 Å². The lowest BCUT2D eigenvalue weighted by atomic mass is 10.0. The highest BCUT2D eigenvalue weighted by Gasteiger charge is 2.24. The highest BCUT2D eigenvalue weighted by atomic mass is 35.5. The number of benzene rings is 2. The summed E-state index contributed by atoms with van der Waals surface area (Å²) in [5.74, 6) is -0.409. The number of nitrogens with zero attached hydrogens (tertiary/aromatic N) is 4. The summed E-state index contributed by atoms with van der Waals surface area (Å²) in [5, 5.41) is 16.7. The molecule has 12 nitrogen and oxygen atoms in total. The third kappa shape index (κ3) is 6.26. The number of carbonyl (C=O) groups is 1. The average molecular weight is 642 g/mol. The standard InChI is InChI=1S/C30H30Cl2N6O6/c1-37-14-19(29(41)38(2)30(37)42)27(40)35-21-9-5-7-17(26(21)32)16-6-4-8-18(25(16)31)22-12-34-23(28(36-22)43-3)13-33-20-10-11-44-15-24(20)39/h4-9,12,14,20,24,33,39H,10-11,13,15H2,1-3H3,(H,35,40)/t20-,24+/m1/s1. The van der Waals surface area contributed by atoms with E-state index in [4.69, 9.17) is 32.7 Å². The van der Waals surface area contributed by atoms with Crippen LogP contribution < -0.4 is 26.6 Å². The van der Waals surface area contributed by atoms with Crippen LogP contribution in [0.2, 0.25) is 10.0 Å². The van der Waals surface area contributed by atoms with Gasteiger partial charge in [0.2, 0.25) is 5.88 Å². The Morgan fingerprint density at radius 3 is 2.55 bits per heavy atom. The number of aryl methyl sites for hydroxylation is 1. The third-order valence-corrected chi connectivity index (χ3v) is 8.18. The number of anilines is 1. The molecule has 0 bridgehead atoms. The molecule has 4 aromatic rings. The summed E-state index contributed by atoms with van der Waals surface area (Å²) in [6.45, 7) is 1.19. The number of aliphatic hydroxyl groups is 1. The monoisotopic (exact) mass is 640 g/mol. The van der Waals surface area contributed by atoms with Crippen LogP contribution in [0.4, 0.5) is 5.69 Å². The van der Waals surface area contributed by atoms with Crippen LogP contribution in [0, 0.1) is 0 Å². The first-order valence-corrected chi connectivity index (χ1v) is 14.4. The maximum Gasteiger partial charge on any atom is 0.330 e. The molecule has 1 saturated heterocycles. The summed E-state index contributed by atoms with van der Waals surface area (Å²) in [5.41, 5.74) is 1.47. The molecule has 1 amide bonds. The Balaban J connectivity index is 1.42. The third-order valence-electron chi connectivity index (χ3n) is 7.37. The van der Waals surface area contributed by atoms with Crippen LogP contribution in [0.1, 0.15) is 22.5 Å². The molecular weight excluding hydrogens is 611 g/mol. The zero-order valence-corrected chi connectivity index (χ0v) is 25.6. The second-order valence-electron chi connectivity index (χ2n) is 10.2. The van der Waals surface area contributed by atoms with Gasteiger partial charge in [0.1, 0.15) is 11.3 Å². The number of rotatable bonds is 8. The molecule has 230 valence electrons. The fourth-order valence-electron chi connectivity index (χ4n) is 4.93. The average Bonchev–Trinajstić information content (AvgIpc) is 3.02. The molecule has 0 saturated carbocycles. The molecule has 1 fully saturated rings. The van der Waals surface area contributed by atoms with Crippen LogP contribution in [0.25, 0.3) is 22.4 Å². The first-order valence-electron chi connectivity index (χ1n) is 13.7. The van der Waals surface area contributed by atoms with Gasteiger partial charge in [-0.2, -0.15) is 0 Å². The largest absolute Gasteiger partial charge is 0.480 e. The Morgan fingerprint density at radius 1 is 1.11 bits per heavy atom. The highest BCUT2D eigenvalue weighted by molar-refractivity contribution is 6.39. The van der Waals surface area contributed by atoms with Crippen molar-refractivity contribution in [1.82, 2.24) is 24.4 Å². The second-order valence-corrected chi connectivity index (χ2v) is 11.0. The molecule has 0 spiro atoms. The Labute approximate surface area is 262 Å². The number of aromatic nitrogens is 4. The van der Waals surface area contributed by atoms with Crippen LogP contribution in [0.5, 0.6) is 5.88 Å². The van der Waals surface area contributed by atoms with Crippen molar-refractivity contribution in [1.29, 1.82) is 0 Å². The van der Waals surface area contributed by atoms with Gasteiger partial charge in [-0.05, 0) is 12.5 Å². The molecule has 0 aliphatic carbocycles. The number of ether oxygens (including phenoxy) is 2. The van der Waals surface area contributed by atoms with Crippen molar-refractivity contribution < 1.29 is 19.4 Å². The van der Waals surface area contributed by atoms with Crippen LogP contribution in [0.15, 0.2) is 58.4 Å². The molecular formula is C30H30Cl2N6O6. The van der Waals surface area contributed by atoms with Gasteiger partial charge < -0.3 is 29.8 Å². The van der Waals surface area contributed by atoms with Crippen LogP contribution in [-0.2, 0) is 25.4 Å². The number of aliphatic hydroxyl groups excluding tert-OH is 1. The maximum atomic E-state index is 13.0. The molecule has 2 aromatic carbocycles. The summed E-state index contributed by atoms with van der Waals surface area (Å²) in [6.07, 6.45) is 2.85. The van der Waals surface area contributed by atoms with Crippen molar-refractivity contribution in [2.45, 2.75) is 25.1 Å². The summed E-state index contributed by atoms with van der Waals surface area (Å²) < 4.78 is 12.8. The van der Waals surface area contributed by atoms with Crippen LogP contribution in [-0.4, -0.2) is 62.6 Å². The van der Waals surface area contributed by atoms with Crippen LogP contribution in [0.3, 0.4) is 0 Å². The Kier molecular flexibility index (Phi) is 9.47. The smallest absolute Gasteiger partial charge is 0.330 e. The Hall–Kier alpha value is -4.07. The molecule has 1 aliphatic rings. The van der Waals surface area contributed by atoms with Gasteiger partial charge in [0.25, 0.3) is 11.5 Å². The van der Waals surface area contributed by atoms with Gasteiger partial charge in [0.05, 0.1) is 47.4 Å². The summed E-state index contributed by atoms with van der Waals surface area (Å²) in [7, 11) is 4.25. The van der Waals surface area contributed by atoms with Crippen molar-refractivity contribution in [2.24, 2.45) is 14.1 Å². The predicted molar refractivity (Wildman–Crippen MR) is 166 cm³/mol. The lowest BCUT2D eigenvalue weighted by molar-refractivity contribution is -0.0281. The number of hydrogen-bond acceptors (Lipinski definition) is 9.